The predicted molar refractivity (Wildman–Crippen MR) is 224 cm³/mol. The Kier molecular flexibility index (Phi) is 14.4. The summed E-state index contributed by atoms with van der Waals surface area (Å²) < 4.78 is 22.0. The molecule has 0 spiro atoms. The molecule has 0 aliphatic carbocycles. The second-order valence-corrected chi connectivity index (χ2v) is 16.7. The van der Waals surface area contributed by atoms with Crippen molar-refractivity contribution in [1.82, 2.24) is 10.2 Å². The third-order valence-electron chi connectivity index (χ3n) is 7.87. The van der Waals surface area contributed by atoms with E-state index in [1.165, 1.54) is 36.1 Å². The smallest absolute Gasteiger partial charge is 0.437 e. The number of Topliss-reactive ketones (excluding diaryl/α,β-unsaturated/α-hetero) is 1. The Morgan fingerprint density at radius 1 is 0.712 bits per heavy atom. The molecule has 59 heavy (non-hydrogen) atoms. The Morgan fingerprint density at radius 2 is 1.34 bits per heavy atom. The zero-order valence-corrected chi connectivity index (χ0v) is 35.1. The molecule has 0 aromatic heterocycles. The Hall–Kier alpha value is -6.57. The van der Waals surface area contributed by atoms with E-state index in [9.17, 15) is 28.8 Å². The van der Waals surface area contributed by atoms with E-state index in [1.807, 2.05) is 30.3 Å². The van der Waals surface area contributed by atoms with E-state index in [4.69, 9.17) is 18.9 Å². The maximum Gasteiger partial charge on any atom is 0.437 e. The standard InChI is InChI=1S/C45H52N4O10/c1-28(50)27-49(36(39(53)57-43(2,3)4)25-29-15-12-11-13-16-29)37(51)35-18-14-17-31-26-33(23-24-34(31)35)56-38(52)30-19-21-32(22-20-30)46-40(47-41(54)58-44(5,6)7)48-42(55)59-45(8,9)10/h11-24,26,36H,25,27H2,1-10H3,(H2,46,47,48,54,55)/t36-/m0/s1. The van der Waals surface area contributed by atoms with Crippen LogP contribution in [-0.4, -0.2) is 76.1 Å². The SMILES string of the molecule is CC(=O)CN(C(=O)c1cccc2cc(OC(=O)c3ccc(N/C(=N\C(=O)OC(C)(C)C)NC(=O)OC(C)(C)C)cc3)ccc12)[C@@H](Cc1ccccc1)C(=O)OC(C)(C)C. The number of amides is 3. The van der Waals surface area contributed by atoms with Gasteiger partial charge in [-0.1, -0.05) is 42.5 Å². The maximum absolute atomic E-state index is 14.4. The highest BCUT2D eigenvalue weighted by molar-refractivity contribution is 6.09. The number of aliphatic imine (C=N–C) groups is 1. The highest BCUT2D eigenvalue weighted by Crippen LogP contribution is 2.27. The molecule has 0 bridgehead atoms. The molecule has 4 aromatic carbocycles. The number of hydrogen-bond donors (Lipinski definition) is 2. The van der Waals surface area contributed by atoms with Gasteiger partial charge in [0, 0.05) is 17.7 Å². The Morgan fingerprint density at radius 3 is 1.93 bits per heavy atom. The number of nitrogens with one attached hydrogen (secondary N) is 2. The number of carbonyl (C=O) groups excluding carboxylic acids is 6. The average Bonchev–Trinajstić information content (AvgIpc) is 3.10. The minimum absolute atomic E-state index is 0.125. The molecule has 0 aliphatic heterocycles. The summed E-state index contributed by atoms with van der Waals surface area (Å²) in [6, 6.07) is 23.9. The Bertz CT molecular complexity index is 2210. The van der Waals surface area contributed by atoms with Gasteiger partial charge in [0.1, 0.15) is 34.4 Å². The monoisotopic (exact) mass is 808 g/mol. The number of hydrogen-bond acceptors (Lipinski definition) is 10. The van der Waals surface area contributed by atoms with Gasteiger partial charge < -0.3 is 29.2 Å². The third-order valence-corrected chi connectivity index (χ3v) is 7.87. The number of benzene rings is 4. The second kappa shape index (κ2) is 18.8. The van der Waals surface area contributed by atoms with Crippen LogP contribution in [0.5, 0.6) is 5.75 Å². The van der Waals surface area contributed by atoms with Crippen LogP contribution < -0.4 is 15.4 Å². The fourth-order valence-electron chi connectivity index (χ4n) is 5.61. The summed E-state index contributed by atoms with van der Waals surface area (Å²) in [5, 5.41) is 6.30. The van der Waals surface area contributed by atoms with Gasteiger partial charge in [-0.05, 0) is 134 Å². The largest absolute Gasteiger partial charge is 0.458 e. The van der Waals surface area contributed by atoms with Crippen LogP contribution in [-0.2, 0) is 30.2 Å². The number of guanidine groups is 1. The quantitative estimate of drug-likeness (QED) is 0.0518. The molecule has 0 heterocycles. The van der Waals surface area contributed by atoms with Crippen molar-refractivity contribution in [3.63, 3.8) is 0 Å². The predicted octanol–water partition coefficient (Wildman–Crippen LogP) is 8.27. The Balaban J connectivity index is 1.56. The van der Waals surface area contributed by atoms with Crippen molar-refractivity contribution in [3.8, 4) is 5.75 Å². The summed E-state index contributed by atoms with van der Waals surface area (Å²) in [5.41, 5.74) is -0.936. The molecule has 0 fully saturated rings. The van der Waals surface area contributed by atoms with Gasteiger partial charge in [0.05, 0.1) is 12.1 Å². The molecule has 0 unspecified atom stereocenters. The lowest BCUT2D eigenvalue weighted by Crippen LogP contribution is -2.50. The number of ether oxygens (including phenoxy) is 4. The molecule has 14 heteroatoms. The molecule has 1 atom stereocenters. The highest BCUT2D eigenvalue weighted by Gasteiger charge is 2.35. The zero-order valence-electron chi connectivity index (χ0n) is 35.1. The lowest BCUT2D eigenvalue weighted by molar-refractivity contribution is -0.160. The fourth-order valence-corrected chi connectivity index (χ4v) is 5.61. The molecule has 0 aliphatic rings. The molecule has 14 nitrogen and oxygen atoms in total. The van der Waals surface area contributed by atoms with Crippen LogP contribution in [0.15, 0.2) is 96.0 Å². The van der Waals surface area contributed by atoms with E-state index in [2.05, 4.69) is 15.6 Å². The molecule has 2 N–H and O–H groups in total. The van der Waals surface area contributed by atoms with E-state index in [-0.39, 0.29) is 41.6 Å². The van der Waals surface area contributed by atoms with Crippen molar-refractivity contribution in [2.75, 3.05) is 11.9 Å². The van der Waals surface area contributed by atoms with Crippen LogP contribution in [0.25, 0.3) is 10.8 Å². The van der Waals surface area contributed by atoms with E-state index in [0.717, 1.165) is 5.56 Å². The van der Waals surface area contributed by atoms with E-state index in [0.29, 0.717) is 16.5 Å². The number of anilines is 1. The zero-order chi connectivity index (χ0) is 43.7. The van der Waals surface area contributed by atoms with Crippen LogP contribution >= 0.6 is 0 Å². The molecule has 3 amide bonds. The molecule has 0 radical (unpaired) electrons. The van der Waals surface area contributed by atoms with Gasteiger partial charge in [-0.15, -0.1) is 4.99 Å². The van der Waals surface area contributed by atoms with Gasteiger partial charge in [-0.25, -0.2) is 19.2 Å². The average molecular weight is 809 g/mol. The van der Waals surface area contributed by atoms with Crippen molar-refractivity contribution in [1.29, 1.82) is 0 Å². The summed E-state index contributed by atoms with van der Waals surface area (Å²) in [6.07, 6.45) is -1.69. The Labute approximate surface area is 344 Å². The first-order valence-corrected chi connectivity index (χ1v) is 19.0. The van der Waals surface area contributed by atoms with Gasteiger partial charge in [0.25, 0.3) is 5.91 Å². The van der Waals surface area contributed by atoms with E-state index in [1.54, 1.807) is 98.7 Å². The molecule has 0 saturated carbocycles. The normalized spacial score (nSPS) is 12.5. The third kappa shape index (κ3) is 14.4. The van der Waals surface area contributed by atoms with Gasteiger partial charge >= 0.3 is 24.1 Å². The van der Waals surface area contributed by atoms with Crippen molar-refractivity contribution in [2.45, 2.75) is 98.5 Å². The summed E-state index contributed by atoms with van der Waals surface area (Å²) in [4.78, 5) is 83.9. The molecule has 4 rings (SSSR count). The van der Waals surface area contributed by atoms with Crippen molar-refractivity contribution in [3.05, 3.63) is 108 Å². The molecule has 4 aromatic rings. The van der Waals surface area contributed by atoms with Gasteiger partial charge in [-0.2, -0.15) is 0 Å². The second-order valence-electron chi connectivity index (χ2n) is 16.7. The topological polar surface area (TPSA) is 179 Å². The van der Waals surface area contributed by atoms with Crippen molar-refractivity contribution >= 4 is 58.2 Å². The lowest BCUT2D eigenvalue weighted by atomic mass is 9.99. The molecular weight excluding hydrogens is 757 g/mol. The number of esters is 2. The lowest BCUT2D eigenvalue weighted by Gasteiger charge is -2.32. The van der Waals surface area contributed by atoms with Crippen molar-refractivity contribution in [2.24, 2.45) is 4.99 Å². The first kappa shape index (κ1) is 45.1. The number of nitrogens with zero attached hydrogens (tertiary/aromatic N) is 2. The van der Waals surface area contributed by atoms with Crippen LogP contribution in [0.1, 0.15) is 95.5 Å². The van der Waals surface area contributed by atoms with E-state index >= 15 is 0 Å². The maximum atomic E-state index is 14.4. The van der Waals surface area contributed by atoms with Gasteiger partial charge in [-0.3, -0.25) is 14.9 Å². The summed E-state index contributed by atoms with van der Waals surface area (Å²) in [6.45, 7) is 16.3. The molecule has 0 saturated heterocycles. The number of alkyl carbamates (subject to hydrolysis) is 1. The van der Waals surface area contributed by atoms with Gasteiger partial charge in [0.2, 0.25) is 5.96 Å². The number of rotatable bonds is 10. The fraction of sp³-hybridized carbons (Fsp3) is 0.356. The minimum atomic E-state index is -1.10. The minimum Gasteiger partial charge on any atom is -0.458 e. The van der Waals surface area contributed by atoms with E-state index < -0.39 is 52.9 Å². The molecule has 312 valence electrons. The molecular formula is C45H52N4O10. The number of carbonyl (C=O) groups is 6. The van der Waals surface area contributed by atoms with Crippen molar-refractivity contribution < 1.29 is 47.7 Å². The van der Waals surface area contributed by atoms with Crippen LogP contribution in [0.4, 0.5) is 15.3 Å². The van der Waals surface area contributed by atoms with Crippen LogP contribution in [0, 0.1) is 0 Å². The highest BCUT2D eigenvalue weighted by atomic mass is 16.6. The number of ketones is 1. The summed E-state index contributed by atoms with van der Waals surface area (Å²) >= 11 is 0. The number of fused-ring (bicyclic) bond motifs is 1. The van der Waals surface area contributed by atoms with Crippen LogP contribution in [0.3, 0.4) is 0 Å². The first-order chi connectivity index (χ1) is 27.5. The van der Waals surface area contributed by atoms with Crippen LogP contribution in [0.2, 0.25) is 0 Å². The first-order valence-electron chi connectivity index (χ1n) is 19.0. The summed E-state index contributed by atoms with van der Waals surface area (Å²) in [7, 11) is 0. The summed E-state index contributed by atoms with van der Waals surface area (Å²) in [5.74, 6) is -2.26. The van der Waals surface area contributed by atoms with Gasteiger partial charge in [0.15, 0.2) is 0 Å².